The molecule has 3 aromatic rings. The number of rotatable bonds is 1. The molecule has 3 rings (SSSR count). The largest absolute Gasteiger partial charge is 0.492 e. The second-order valence-electron chi connectivity index (χ2n) is 4.22. The number of halogens is 1. The molecule has 0 spiro atoms. The van der Waals surface area contributed by atoms with Crippen LogP contribution in [0.1, 0.15) is 5.56 Å². The van der Waals surface area contributed by atoms with Crippen LogP contribution in [-0.4, -0.2) is 14.5 Å². The Morgan fingerprint density at radius 3 is 2.61 bits per heavy atom. The van der Waals surface area contributed by atoms with Gasteiger partial charge < -0.3 is 5.11 Å². The number of nitrogens with zero attached hydrogens (tertiary/aromatic N) is 2. The minimum atomic E-state index is 0.0305. The Bertz CT molecular complexity index is 716. The number of benzene rings is 1. The Labute approximate surface area is 109 Å². The van der Waals surface area contributed by atoms with E-state index in [-0.39, 0.29) is 5.88 Å². The predicted molar refractivity (Wildman–Crippen MR) is 72.0 cm³/mol. The van der Waals surface area contributed by atoms with Crippen molar-refractivity contribution in [3.8, 4) is 17.1 Å². The lowest BCUT2D eigenvalue weighted by Gasteiger charge is -2.03. The molecule has 0 bridgehead atoms. The molecule has 0 atom stereocenters. The van der Waals surface area contributed by atoms with Crippen molar-refractivity contribution in [1.29, 1.82) is 0 Å². The van der Waals surface area contributed by atoms with E-state index in [9.17, 15) is 5.11 Å². The van der Waals surface area contributed by atoms with Crippen LogP contribution in [0.2, 0.25) is 5.02 Å². The summed E-state index contributed by atoms with van der Waals surface area (Å²) in [5.74, 6) is 0.0305. The number of aromatic nitrogens is 2. The smallest absolute Gasteiger partial charge is 0.238 e. The van der Waals surface area contributed by atoms with Gasteiger partial charge in [0.2, 0.25) is 5.88 Å². The van der Waals surface area contributed by atoms with Gasteiger partial charge in [0.15, 0.2) is 0 Å². The Kier molecular flexibility index (Phi) is 2.49. The summed E-state index contributed by atoms with van der Waals surface area (Å²) in [5, 5.41) is 10.7. The third-order valence-corrected chi connectivity index (χ3v) is 3.13. The molecule has 2 heterocycles. The highest BCUT2D eigenvalue weighted by Gasteiger charge is 2.12. The lowest BCUT2D eigenvalue weighted by Crippen LogP contribution is -1.88. The number of hydrogen-bond acceptors (Lipinski definition) is 2. The molecule has 0 unspecified atom stereocenters. The molecule has 0 amide bonds. The quantitative estimate of drug-likeness (QED) is 0.723. The van der Waals surface area contributed by atoms with Crippen LogP contribution in [0.25, 0.3) is 16.9 Å². The molecule has 4 heteroatoms. The molecule has 0 saturated carbocycles. The van der Waals surface area contributed by atoms with Crippen molar-refractivity contribution in [2.24, 2.45) is 0 Å². The van der Waals surface area contributed by atoms with Crippen molar-refractivity contribution < 1.29 is 5.11 Å². The molecule has 90 valence electrons. The second-order valence-corrected chi connectivity index (χ2v) is 4.66. The molecule has 0 fully saturated rings. The Morgan fingerprint density at radius 2 is 1.89 bits per heavy atom. The van der Waals surface area contributed by atoms with Gasteiger partial charge in [-0.15, -0.1) is 0 Å². The molecule has 3 nitrogen and oxygen atoms in total. The Morgan fingerprint density at radius 1 is 1.17 bits per heavy atom. The molecule has 0 aliphatic rings. The first kappa shape index (κ1) is 11.1. The molecular weight excluding hydrogens is 248 g/mol. The van der Waals surface area contributed by atoms with Gasteiger partial charge >= 0.3 is 0 Å². The lowest BCUT2D eigenvalue weighted by molar-refractivity contribution is 0.459. The maximum absolute atomic E-state index is 9.98. The fourth-order valence-corrected chi connectivity index (χ4v) is 2.14. The fraction of sp³-hybridized carbons (Fsp3) is 0.0714. The molecular formula is C14H11ClN2O. The van der Waals surface area contributed by atoms with E-state index in [1.807, 2.05) is 41.8 Å². The SMILES string of the molecule is Cc1ccn2c(-c3ccc(Cl)cc3)c(O)nc2c1. The molecule has 2 aromatic heterocycles. The van der Waals surface area contributed by atoms with E-state index in [1.54, 1.807) is 12.1 Å². The zero-order chi connectivity index (χ0) is 12.7. The van der Waals surface area contributed by atoms with Crippen LogP contribution in [0.3, 0.4) is 0 Å². The van der Waals surface area contributed by atoms with Gasteiger partial charge in [-0.2, -0.15) is 4.98 Å². The van der Waals surface area contributed by atoms with Gasteiger partial charge in [0.25, 0.3) is 0 Å². The van der Waals surface area contributed by atoms with Crippen LogP contribution in [0, 0.1) is 6.92 Å². The molecule has 1 N–H and O–H groups in total. The van der Waals surface area contributed by atoms with E-state index < -0.39 is 0 Å². The Balaban J connectivity index is 2.28. The third kappa shape index (κ3) is 1.73. The minimum absolute atomic E-state index is 0.0305. The van der Waals surface area contributed by atoms with Gasteiger partial charge in [0.1, 0.15) is 11.3 Å². The highest BCUT2D eigenvalue weighted by Crippen LogP contribution is 2.30. The molecule has 0 saturated heterocycles. The van der Waals surface area contributed by atoms with Crippen molar-refractivity contribution in [3.05, 3.63) is 53.2 Å². The Hall–Kier alpha value is -2.00. The summed E-state index contributed by atoms with van der Waals surface area (Å²) in [6.45, 7) is 1.99. The van der Waals surface area contributed by atoms with Crippen molar-refractivity contribution in [1.82, 2.24) is 9.38 Å². The van der Waals surface area contributed by atoms with Crippen LogP contribution >= 0.6 is 11.6 Å². The lowest BCUT2D eigenvalue weighted by atomic mass is 10.1. The zero-order valence-corrected chi connectivity index (χ0v) is 10.5. The third-order valence-electron chi connectivity index (χ3n) is 2.88. The van der Waals surface area contributed by atoms with Gasteiger partial charge in [-0.3, -0.25) is 4.40 Å². The van der Waals surface area contributed by atoms with Crippen LogP contribution in [0.15, 0.2) is 42.6 Å². The summed E-state index contributed by atoms with van der Waals surface area (Å²) >= 11 is 5.87. The van der Waals surface area contributed by atoms with E-state index >= 15 is 0 Å². The average molecular weight is 259 g/mol. The summed E-state index contributed by atoms with van der Waals surface area (Å²) in [4.78, 5) is 4.16. The average Bonchev–Trinajstić information content (AvgIpc) is 2.65. The zero-order valence-electron chi connectivity index (χ0n) is 9.76. The summed E-state index contributed by atoms with van der Waals surface area (Å²) in [7, 11) is 0. The number of imidazole rings is 1. The van der Waals surface area contributed by atoms with Gasteiger partial charge in [-0.1, -0.05) is 23.7 Å². The highest BCUT2D eigenvalue weighted by atomic mass is 35.5. The van der Waals surface area contributed by atoms with Crippen LogP contribution < -0.4 is 0 Å². The number of aryl methyl sites for hydroxylation is 1. The van der Waals surface area contributed by atoms with Crippen molar-refractivity contribution in [2.45, 2.75) is 6.92 Å². The highest BCUT2D eigenvalue weighted by molar-refractivity contribution is 6.30. The van der Waals surface area contributed by atoms with Gasteiger partial charge in [-0.25, -0.2) is 0 Å². The standard InChI is InChI=1S/C14H11ClN2O/c1-9-6-7-17-12(8-9)16-14(18)13(17)10-2-4-11(15)5-3-10/h2-8,18H,1H3. The van der Waals surface area contributed by atoms with Crippen molar-refractivity contribution >= 4 is 17.2 Å². The monoisotopic (exact) mass is 258 g/mol. The number of hydrogen-bond donors (Lipinski definition) is 1. The van der Waals surface area contributed by atoms with Gasteiger partial charge in [0.05, 0.1) is 0 Å². The second kappa shape index (κ2) is 4.03. The molecule has 18 heavy (non-hydrogen) atoms. The fourth-order valence-electron chi connectivity index (χ4n) is 2.01. The van der Waals surface area contributed by atoms with Crippen LogP contribution in [-0.2, 0) is 0 Å². The first-order chi connectivity index (χ1) is 8.65. The number of aromatic hydroxyl groups is 1. The minimum Gasteiger partial charge on any atom is -0.492 e. The summed E-state index contributed by atoms with van der Waals surface area (Å²) in [5.41, 5.74) is 3.41. The summed E-state index contributed by atoms with van der Waals surface area (Å²) in [6, 6.07) is 11.2. The molecule has 0 aliphatic carbocycles. The number of fused-ring (bicyclic) bond motifs is 1. The molecule has 1 aromatic carbocycles. The van der Waals surface area contributed by atoms with Crippen LogP contribution in [0.4, 0.5) is 0 Å². The molecule has 0 radical (unpaired) electrons. The maximum atomic E-state index is 9.98. The predicted octanol–water partition coefficient (Wildman–Crippen LogP) is 3.67. The van der Waals surface area contributed by atoms with E-state index in [4.69, 9.17) is 11.6 Å². The first-order valence-electron chi connectivity index (χ1n) is 5.59. The van der Waals surface area contributed by atoms with E-state index in [1.165, 1.54) is 0 Å². The van der Waals surface area contributed by atoms with Crippen LogP contribution in [0.5, 0.6) is 5.88 Å². The van der Waals surface area contributed by atoms with Gasteiger partial charge in [0, 0.05) is 16.8 Å². The van der Waals surface area contributed by atoms with Crippen molar-refractivity contribution in [3.63, 3.8) is 0 Å². The van der Waals surface area contributed by atoms with E-state index in [0.717, 1.165) is 16.8 Å². The topological polar surface area (TPSA) is 37.5 Å². The van der Waals surface area contributed by atoms with E-state index in [0.29, 0.717) is 10.7 Å². The molecule has 0 aliphatic heterocycles. The summed E-state index contributed by atoms with van der Waals surface area (Å²) < 4.78 is 1.87. The maximum Gasteiger partial charge on any atom is 0.238 e. The van der Waals surface area contributed by atoms with Gasteiger partial charge in [-0.05, 0) is 36.8 Å². The summed E-state index contributed by atoms with van der Waals surface area (Å²) in [6.07, 6.45) is 1.90. The van der Waals surface area contributed by atoms with E-state index in [2.05, 4.69) is 4.98 Å². The van der Waals surface area contributed by atoms with Crippen molar-refractivity contribution in [2.75, 3.05) is 0 Å². The first-order valence-corrected chi connectivity index (χ1v) is 5.96. The number of pyridine rings is 1. The normalized spacial score (nSPS) is 11.0.